The Morgan fingerprint density at radius 1 is 1.38 bits per heavy atom. The van der Waals surface area contributed by atoms with Gasteiger partial charge in [0.05, 0.1) is 14.2 Å². The molecule has 1 aromatic rings. The van der Waals surface area contributed by atoms with Crippen LogP contribution < -0.4 is 14.8 Å². The Morgan fingerprint density at radius 3 is 2.81 bits per heavy atom. The van der Waals surface area contributed by atoms with E-state index in [0.29, 0.717) is 12.0 Å². The number of rotatable bonds is 6. The van der Waals surface area contributed by atoms with E-state index in [-0.39, 0.29) is 0 Å². The lowest BCUT2D eigenvalue weighted by Gasteiger charge is -2.37. The van der Waals surface area contributed by atoms with Crippen LogP contribution in [0.2, 0.25) is 0 Å². The fraction of sp³-hybridized carbons (Fsp3) is 0.688. The summed E-state index contributed by atoms with van der Waals surface area (Å²) >= 11 is 0. The molecule has 5 nitrogen and oxygen atoms in total. The average Bonchev–Trinajstić information content (AvgIpc) is 2.50. The second-order valence-corrected chi connectivity index (χ2v) is 5.66. The lowest BCUT2D eigenvalue weighted by atomic mass is 9.93. The first-order chi connectivity index (χ1) is 10.2. The van der Waals surface area contributed by atoms with Crippen molar-refractivity contribution in [2.45, 2.75) is 32.9 Å². The van der Waals surface area contributed by atoms with Gasteiger partial charge in [-0.25, -0.2) is 0 Å². The molecule has 2 rings (SSSR count). The van der Waals surface area contributed by atoms with Crippen molar-refractivity contribution in [1.29, 1.82) is 0 Å². The minimum absolute atomic E-state index is 0.631. The molecule has 1 fully saturated rings. The van der Waals surface area contributed by atoms with Gasteiger partial charge in [-0.2, -0.15) is 0 Å². The number of ether oxygens (including phenoxy) is 2. The molecular weight excluding hydrogens is 266 g/mol. The van der Waals surface area contributed by atoms with Gasteiger partial charge in [-0.3, -0.25) is 9.88 Å². The number of pyridine rings is 1. The van der Waals surface area contributed by atoms with E-state index in [1.54, 1.807) is 20.4 Å². The lowest BCUT2D eigenvalue weighted by molar-refractivity contribution is 0.139. The van der Waals surface area contributed by atoms with Crippen molar-refractivity contribution >= 4 is 0 Å². The number of aromatic nitrogens is 1. The van der Waals surface area contributed by atoms with E-state index in [1.807, 2.05) is 6.07 Å². The monoisotopic (exact) mass is 293 g/mol. The molecule has 0 aromatic carbocycles. The number of nitrogens with one attached hydrogen (secondary N) is 1. The van der Waals surface area contributed by atoms with E-state index >= 15 is 0 Å². The molecule has 2 atom stereocenters. The second kappa shape index (κ2) is 7.61. The van der Waals surface area contributed by atoms with Gasteiger partial charge < -0.3 is 14.8 Å². The normalized spacial score (nSPS) is 23.0. The molecule has 5 heteroatoms. The van der Waals surface area contributed by atoms with E-state index in [4.69, 9.17) is 9.47 Å². The number of methoxy groups -OCH3 is 2. The number of nitrogens with zero attached hydrogens (tertiary/aromatic N) is 2. The quantitative estimate of drug-likeness (QED) is 0.868. The molecule has 1 aliphatic rings. The summed E-state index contributed by atoms with van der Waals surface area (Å²) < 4.78 is 10.8. The summed E-state index contributed by atoms with van der Waals surface area (Å²) in [5.74, 6) is 2.15. The Morgan fingerprint density at radius 2 is 2.19 bits per heavy atom. The second-order valence-electron chi connectivity index (χ2n) is 5.66. The standard InChI is InChI=1S/C16H27N3O2/c1-5-17-13-7-9-19(10-12(13)2)11-14-16(21-4)15(20-3)6-8-18-14/h6,8,12-13,17H,5,7,9-11H2,1-4H3. The van der Waals surface area contributed by atoms with Crippen molar-refractivity contribution in [3.8, 4) is 11.5 Å². The first-order valence-corrected chi connectivity index (χ1v) is 7.71. The summed E-state index contributed by atoms with van der Waals surface area (Å²) in [6.07, 6.45) is 2.97. The number of hydrogen-bond donors (Lipinski definition) is 1. The van der Waals surface area contributed by atoms with Gasteiger partial charge in [0.2, 0.25) is 0 Å². The van der Waals surface area contributed by atoms with E-state index in [0.717, 1.165) is 43.4 Å². The van der Waals surface area contributed by atoms with E-state index in [2.05, 4.69) is 29.0 Å². The highest BCUT2D eigenvalue weighted by atomic mass is 16.5. The summed E-state index contributed by atoms with van der Waals surface area (Å²) in [6, 6.07) is 2.47. The van der Waals surface area contributed by atoms with Crippen LogP contribution in [0.4, 0.5) is 0 Å². The highest BCUT2D eigenvalue weighted by molar-refractivity contribution is 5.42. The highest BCUT2D eigenvalue weighted by Crippen LogP contribution is 2.30. The van der Waals surface area contributed by atoms with Crippen LogP contribution in [-0.2, 0) is 6.54 Å². The molecule has 2 unspecified atom stereocenters. The van der Waals surface area contributed by atoms with Crippen LogP contribution in [0.1, 0.15) is 26.0 Å². The summed E-state index contributed by atoms with van der Waals surface area (Å²) in [7, 11) is 3.33. The molecule has 21 heavy (non-hydrogen) atoms. The Balaban J connectivity index is 2.03. The molecule has 0 bridgehead atoms. The molecule has 0 amide bonds. The van der Waals surface area contributed by atoms with Gasteiger partial charge in [-0.1, -0.05) is 13.8 Å². The summed E-state index contributed by atoms with van der Waals surface area (Å²) in [4.78, 5) is 6.92. The van der Waals surface area contributed by atoms with Crippen LogP contribution >= 0.6 is 0 Å². The maximum absolute atomic E-state index is 5.47. The van der Waals surface area contributed by atoms with Crippen LogP contribution in [0.15, 0.2) is 12.3 Å². The minimum Gasteiger partial charge on any atom is -0.493 e. The first-order valence-electron chi connectivity index (χ1n) is 7.71. The molecule has 1 saturated heterocycles. The smallest absolute Gasteiger partial charge is 0.183 e. The average molecular weight is 293 g/mol. The number of hydrogen-bond acceptors (Lipinski definition) is 5. The van der Waals surface area contributed by atoms with Crippen molar-refractivity contribution in [2.24, 2.45) is 5.92 Å². The van der Waals surface area contributed by atoms with Crippen LogP contribution in [0.25, 0.3) is 0 Å². The molecule has 2 heterocycles. The maximum atomic E-state index is 5.47. The molecule has 1 aliphatic heterocycles. The Labute approximate surface area is 127 Å². The van der Waals surface area contributed by atoms with Crippen LogP contribution in [0, 0.1) is 5.92 Å². The van der Waals surface area contributed by atoms with E-state index in [1.165, 1.54) is 6.42 Å². The van der Waals surface area contributed by atoms with Crippen LogP contribution in [-0.4, -0.2) is 49.8 Å². The van der Waals surface area contributed by atoms with Gasteiger partial charge in [0.25, 0.3) is 0 Å². The van der Waals surface area contributed by atoms with Gasteiger partial charge in [-0.05, 0) is 18.9 Å². The third-order valence-electron chi connectivity index (χ3n) is 4.20. The maximum Gasteiger partial charge on any atom is 0.183 e. The van der Waals surface area contributed by atoms with Gasteiger partial charge in [-0.15, -0.1) is 0 Å². The summed E-state index contributed by atoms with van der Waals surface area (Å²) in [5.41, 5.74) is 0.950. The molecule has 1 N–H and O–H groups in total. The highest BCUT2D eigenvalue weighted by Gasteiger charge is 2.26. The third kappa shape index (κ3) is 3.86. The molecule has 0 spiro atoms. The zero-order valence-electron chi connectivity index (χ0n) is 13.6. The summed E-state index contributed by atoms with van der Waals surface area (Å²) in [5, 5.41) is 3.57. The molecule has 0 aliphatic carbocycles. The van der Waals surface area contributed by atoms with Gasteiger partial charge >= 0.3 is 0 Å². The largest absolute Gasteiger partial charge is 0.493 e. The third-order valence-corrected chi connectivity index (χ3v) is 4.20. The van der Waals surface area contributed by atoms with E-state index in [9.17, 15) is 0 Å². The molecule has 0 saturated carbocycles. The van der Waals surface area contributed by atoms with Crippen molar-refractivity contribution in [2.75, 3.05) is 33.9 Å². The van der Waals surface area contributed by atoms with Crippen molar-refractivity contribution < 1.29 is 9.47 Å². The predicted octanol–water partition coefficient (Wildman–Crippen LogP) is 1.92. The summed E-state index contributed by atoms with van der Waals surface area (Å²) in [6.45, 7) is 8.51. The first kappa shape index (κ1) is 16.0. The van der Waals surface area contributed by atoms with Crippen LogP contribution in [0.5, 0.6) is 11.5 Å². The fourth-order valence-electron chi connectivity index (χ4n) is 3.12. The van der Waals surface area contributed by atoms with Crippen molar-refractivity contribution in [3.63, 3.8) is 0 Å². The SMILES string of the molecule is CCNC1CCN(Cc2nccc(OC)c2OC)CC1C. The molecule has 0 radical (unpaired) electrons. The Kier molecular flexibility index (Phi) is 5.82. The number of piperidine rings is 1. The van der Waals surface area contributed by atoms with Crippen molar-refractivity contribution in [1.82, 2.24) is 15.2 Å². The molecule has 118 valence electrons. The lowest BCUT2D eigenvalue weighted by Crippen LogP contribution is -2.47. The Bertz CT molecular complexity index is 453. The van der Waals surface area contributed by atoms with Crippen molar-refractivity contribution in [3.05, 3.63) is 18.0 Å². The zero-order chi connectivity index (χ0) is 15.2. The minimum atomic E-state index is 0.631. The van der Waals surface area contributed by atoms with Crippen LogP contribution in [0.3, 0.4) is 0 Å². The molecule has 1 aromatic heterocycles. The molecular formula is C16H27N3O2. The topological polar surface area (TPSA) is 46.6 Å². The van der Waals surface area contributed by atoms with Gasteiger partial charge in [0, 0.05) is 37.9 Å². The fourth-order valence-corrected chi connectivity index (χ4v) is 3.12. The predicted molar refractivity (Wildman–Crippen MR) is 83.9 cm³/mol. The number of likely N-dealkylation sites (tertiary alicyclic amines) is 1. The van der Waals surface area contributed by atoms with E-state index < -0.39 is 0 Å². The Hall–Kier alpha value is -1.33. The van der Waals surface area contributed by atoms with Gasteiger partial charge in [0.15, 0.2) is 11.5 Å². The van der Waals surface area contributed by atoms with Gasteiger partial charge in [0.1, 0.15) is 5.69 Å². The zero-order valence-corrected chi connectivity index (χ0v) is 13.6.